The largest absolute Gasteiger partial charge is 0.456 e. The van der Waals surface area contributed by atoms with Crippen molar-refractivity contribution in [1.82, 2.24) is 4.57 Å². The Labute approximate surface area is 366 Å². The SMILES string of the molecule is c1ccc(-c2cccc(-c3cccc(N(c4ccc(-c5ccc(-c6ccc7c(c6)oc6ccccc67)cc5)cc4)c4cccc(-n5c6ccccc6c6ccccc65)c4)c3)c2)cc1. The van der Waals surface area contributed by atoms with Gasteiger partial charge in [0.15, 0.2) is 0 Å². The molecule has 0 saturated carbocycles. The van der Waals surface area contributed by atoms with Crippen molar-refractivity contribution in [2.45, 2.75) is 0 Å². The van der Waals surface area contributed by atoms with Crippen LogP contribution < -0.4 is 4.90 Å². The van der Waals surface area contributed by atoms with Gasteiger partial charge in [-0.1, -0.05) is 164 Å². The van der Waals surface area contributed by atoms with E-state index in [4.69, 9.17) is 4.42 Å². The molecule has 0 saturated heterocycles. The molecule has 296 valence electrons. The Morgan fingerprint density at radius 3 is 1.44 bits per heavy atom. The van der Waals surface area contributed by atoms with Crippen LogP contribution in [0.3, 0.4) is 0 Å². The molecule has 0 amide bonds. The highest BCUT2D eigenvalue weighted by atomic mass is 16.3. The fraction of sp³-hybridized carbons (Fsp3) is 0. The molecular formula is C60H40N2O. The Morgan fingerprint density at radius 2 is 0.730 bits per heavy atom. The van der Waals surface area contributed by atoms with Gasteiger partial charge in [-0.15, -0.1) is 0 Å². The van der Waals surface area contributed by atoms with Crippen LogP contribution in [0.4, 0.5) is 17.1 Å². The molecule has 12 aromatic rings. The molecular weight excluding hydrogens is 765 g/mol. The third-order valence-corrected chi connectivity index (χ3v) is 12.4. The van der Waals surface area contributed by atoms with Gasteiger partial charge in [-0.2, -0.15) is 0 Å². The number of rotatable bonds is 8. The lowest BCUT2D eigenvalue weighted by Gasteiger charge is -2.27. The molecule has 10 aromatic carbocycles. The lowest BCUT2D eigenvalue weighted by molar-refractivity contribution is 0.669. The number of aromatic nitrogens is 1. The minimum absolute atomic E-state index is 0.907. The fourth-order valence-corrected chi connectivity index (χ4v) is 9.32. The Kier molecular flexibility index (Phi) is 8.83. The second-order valence-corrected chi connectivity index (χ2v) is 16.2. The maximum atomic E-state index is 6.21. The Bertz CT molecular complexity index is 3560. The van der Waals surface area contributed by atoms with Crippen LogP contribution in [0.5, 0.6) is 0 Å². The molecule has 3 heteroatoms. The molecule has 2 heterocycles. The van der Waals surface area contributed by atoms with Gasteiger partial charge >= 0.3 is 0 Å². The zero-order valence-electron chi connectivity index (χ0n) is 34.4. The molecule has 0 spiro atoms. The number of benzene rings is 10. The van der Waals surface area contributed by atoms with E-state index in [1.807, 2.05) is 12.1 Å². The zero-order valence-corrected chi connectivity index (χ0v) is 34.4. The number of para-hydroxylation sites is 3. The minimum atomic E-state index is 0.907. The summed E-state index contributed by atoms with van der Waals surface area (Å²) in [5, 5.41) is 4.78. The highest BCUT2D eigenvalue weighted by Gasteiger charge is 2.18. The number of hydrogen-bond acceptors (Lipinski definition) is 2. The second kappa shape index (κ2) is 15.3. The smallest absolute Gasteiger partial charge is 0.136 e. The van der Waals surface area contributed by atoms with Crippen molar-refractivity contribution in [3.63, 3.8) is 0 Å². The van der Waals surface area contributed by atoms with Gasteiger partial charge in [0.1, 0.15) is 11.2 Å². The molecule has 0 aliphatic carbocycles. The fourth-order valence-electron chi connectivity index (χ4n) is 9.32. The van der Waals surface area contributed by atoms with Crippen molar-refractivity contribution in [1.29, 1.82) is 0 Å². The average Bonchev–Trinajstić information content (AvgIpc) is 3.90. The van der Waals surface area contributed by atoms with Crippen LogP contribution in [0.25, 0.3) is 93.9 Å². The third-order valence-electron chi connectivity index (χ3n) is 12.4. The zero-order chi connectivity index (χ0) is 41.7. The first-order valence-electron chi connectivity index (χ1n) is 21.5. The van der Waals surface area contributed by atoms with Gasteiger partial charge in [-0.05, 0) is 123 Å². The molecule has 0 N–H and O–H groups in total. The van der Waals surface area contributed by atoms with Crippen molar-refractivity contribution in [2.75, 3.05) is 4.90 Å². The van der Waals surface area contributed by atoms with E-state index in [1.165, 1.54) is 38.5 Å². The summed E-state index contributed by atoms with van der Waals surface area (Å²) < 4.78 is 8.59. The van der Waals surface area contributed by atoms with Crippen LogP contribution in [-0.4, -0.2) is 4.57 Å². The van der Waals surface area contributed by atoms with Crippen LogP contribution in [-0.2, 0) is 0 Å². The Hall–Kier alpha value is -8.40. The lowest BCUT2D eigenvalue weighted by atomic mass is 9.98. The van der Waals surface area contributed by atoms with E-state index in [1.54, 1.807) is 0 Å². The molecule has 0 aliphatic rings. The van der Waals surface area contributed by atoms with Crippen LogP contribution in [0.2, 0.25) is 0 Å². The third kappa shape index (κ3) is 6.55. The average molecular weight is 805 g/mol. The van der Waals surface area contributed by atoms with Crippen molar-refractivity contribution in [2.24, 2.45) is 0 Å². The molecule has 2 aromatic heterocycles. The molecule has 0 fully saturated rings. The van der Waals surface area contributed by atoms with E-state index in [0.29, 0.717) is 0 Å². The summed E-state index contributed by atoms with van der Waals surface area (Å²) in [6.07, 6.45) is 0. The standard InChI is InChI=1S/C60H40N2O/c1-2-13-41(14-3-1)45-15-10-16-46(37-45)47-17-11-18-50(38-47)61(51-19-12-20-52(40-51)62-57-24-7-4-21-53(57)54-22-5-8-25-58(54)62)49-34-31-43(32-35-49)42-27-29-44(30-28-42)48-33-36-56-55-23-6-9-26-59(55)63-60(56)39-48/h1-40H. The van der Waals surface area contributed by atoms with Crippen molar-refractivity contribution >= 4 is 60.8 Å². The van der Waals surface area contributed by atoms with E-state index in [0.717, 1.165) is 72.5 Å². The summed E-state index contributed by atoms with van der Waals surface area (Å²) in [7, 11) is 0. The predicted molar refractivity (Wildman–Crippen MR) is 264 cm³/mol. The van der Waals surface area contributed by atoms with Crippen molar-refractivity contribution in [3.8, 4) is 50.2 Å². The van der Waals surface area contributed by atoms with Crippen LogP contribution in [0.1, 0.15) is 0 Å². The molecule has 0 aliphatic heterocycles. The quantitative estimate of drug-likeness (QED) is 0.153. The normalized spacial score (nSPS) is 11.5. The number of fused-ring (bicyclic) bond motifs is 6. The van der Waals surface area contributed by atoms with E-state index in [9.17, 15) is 0 Å². The first kappa shape index (κ1) is 36.5. The summed E-state index contributed by atoms with van der Waals surface area (Å²) in [5.74, 6) is 0. The maximum Gasteiger partial charge on any atom is 0.136 e. The number of nitrogens with zero attached hydrogens (tertiary/aromatic N) is 2. The van der Waals surface area contributed by atoms with Gasteiger partial charge in [0.05, 0.1) is 11.0 Å². The molecule has 3 nitrogen and oxygen atoms in total. The van der Waals surface area contributed by atoms with E-state index in [-0.39, 0.29) is 0 Å². The van der Waals surface area contributed by atoms with Crippen LogP contribution in [0.15, 0.2) is 247 Å². The molecule has 12 rings (SSSR count). The van der Waals surface area contributed by atoms with Crippen molar-refractivity contribution < 1.29 is 4.42 Å². The number of furan rings is 1. The molecule has 0 bridgehead atoms. The summed E-state index contributed by atoms with van der Waals surface area (Å²) >= 11 is 0. The van der Waals surface area contributed by atoms with Gasteiger partial charge in [0.2, 0.25) is 0 Å². The minimum Gasteiger partial charge on any atom is -0.456 e. The van der Waals surface area contributed by atoms with Crippen molar-refractivity contribution in [3.05, 3.63) is 243 Å². The summed E-state index contributed by atoms with van der Waals surface area (Å²) in [6, 6.07) is 87.2. The molecule has 0 radical (unpaired) electrons. The van der Waals surface area contributed by atoms with E-state index in [2.05, 4.69) is 240 Å². The predicted octanol–water partition coefficient (Wildman–Crippen LogP) is 16.8. The Balaban J connectivity index is 0.930. The summed E-state index contributed by atoms with van der Waals surface area (Å²) in [4.78, 5) is 2.38. The lowest BCUT2D eigenvalue weighted by Crippen LogP contribution is -2.10. The topological polar surface area (TPSA) is 21.3 Å². The van der Waals surface area contributed by atoms with Gasteiger partial charge in [0, 0.05) is 44.3 Å². The van der Waals surface area contributed by atoms with Gasteiger partial charge in [-0.25, -0.2) is 0 Å². The molecule has 0 unspecified atom stereocenters. The van der Waals surface area contributed by atoms with Gasteiger partial charge < -0.3 is 13.9 Å². The summed E-state index contributed by atoms with van der Waals surface area (Å²) in [5.41, 5.74) is 17.9. The Morgan fingerprint density at radius 1 is 0.270 bits per heavy atom. The van der Waals surface area contributed by atoms with Gasteiger partial charge in [0.25, 0.3) is 0 Å². The number of hydrogen-bond donors (Lipinski definition) is 0. The summed E-state index contributed by atoms with van der Waals surface area (Å²) in [6.45, 7) is 0. The van der Waals surface area contributed by atoms with Gasteiger partial charge in [-0.3, -0.25) is 0 Å². The monoisotopic (exact) mass is 804 g/mol. The number of anilines is 3. The van der Waals surface area contributed by atoms with Crippen LogP contribution >= 0.6 is 0 Å². The highest BCUT2D eigenvalue weighted by Crippen LogP contribution is 2.41. The first-order valence-corrected chi connectivity index (χ1v) is 21.5. The maximum absolute atomic E-state index is 6.21. The second-order valence-electron chi connectivity index (χ2n) is 16.2. The van der Waals surface area contributed by atoms with E-state index < -0.39 is 0 Å². The molecule has 0 atom stereocenters. The highest BCUT2D eigenvalue weighted by molar-refractivity contribution is 6.09. The first-order chi connectivity index (χ1) is 31.2. The van der Waals surface area contributed by atoms with Crippen LogP contribution in [0, 0.1) is 0 Å². The molecule has 63 heavy (non-hydrogen) atoms. The van der Waals surface area contributed by atoms with E-state index >= 15 is 0 Å².